The minimum Gasteiger partial charge on any atom is -0.480 e. The number of aliphatic carboxylic acids is 1. The van der Waals surface area contributed by atoms with Crippen LogP contribution < -0.4 is 0 Å². The van der Waals surface area contributed by atoms with Crippen molar-refractivity contribution in [3.63, 3.8) is 0 Å². The minimum atomic E-state index is -1.78. The van der Waals surface area contributed by atoms with E-state index in [0.717, 1.165) is 0 Å². The maximum atomic E-state index is 13.8. The van der Waals surface area contributed by atoms with Crippen LogP contribution in [-0.2, 0) is 20.7 Å². The highest BCUT2D eigenvalue weighted by atomic mass is 19.1. The highest BCUT2D eigenvalue weighted by Crippen LogP contribution is 2.34. The van der Waals surface area contributed by atoms with E-state index >= 15 is 0 Å². The van der Waals surface area contributed by atoms with Gasteiger partial charge >= 0.3 is 11.9 Å². The quantitative estimate of drug-likeness (QED) is 0.643. The van der Waals surface area contributed by atoms with Crippen molar-refractivity contribution >= 4 is 11.9 Å². The molecule has 0 saturated carbocycles. The van der Waals surface area contributed by atoms with Gasteiger partial charge in [-0.15, -0.1) is 0 Å². The average molecular weight is 282 g/mol. The summed E-state index contributed by atoms with van der Waals surface area (Å²) in [7, 11) is 0. The van der Waals surface area contributed by atoms with Gasteiger partial charge < -0.3 is 9.84 Å². The number of carbonyl (C=O) groups excluding carboxylic acids is 1. The van der Waals surface area contributed by atoms with Crippen molar-refractivity contribution in [1.82, 2.24) is 0 Å². The summed E-state index contributed by atoms with van der Waals surface area (Å²) in [5.74, 6) is -3.18. The molecule has 1 aromatic carbocycles. The van der Waals surface area contributed by atoms with Gasteiger partial charge in [0.2, 0.25) is 0 Å². The predicted molar refractivity (Wildman–Crippen MR) is 71.6 cm³/mol. The molecule has 0 radical (unpaired) electrons. The Bertz CT molecular complexity index is 498. The molecular weight excluding hydrogens is 263 g/mol. The molecule has 0 aliphatic carbocycles. The number of esters is 1. The van der Waals surface area contributed by atoms with Crippen LogP contribution in [0.3, 0.4) is 0 Å². The standard InChI is InChI=1S/C15H19FO4/c1-4-20-14(19)15(10(2)3,13(17)18)9-11-7-5-6-8-12(11)16/h5-8,10H,4,9H2,1-3H3,(H,17,18). The number of halogens is 1. The smallest absolute Gasteiger partial charge is 0.324 e. The van der Waals surface area contributed by atoms with E-state index in [2.05, 4.69) is 0 Å². The van der Waals surface area contributed by atoms with Crippen molar-refractivity contribution in [2.45, 2.75) is 27.2 Å². The number of benzene rings is 1. The highest BCUT2D eigenvalue weighted by molar-refractivity contribution is 5.99. The van der Waals surface area contributed by atoms with Gasteiger partial charge in [0.05, 0.1) is 6.61 Å². The van der Waals surface area contributed by atoms with Crippen molar-refractivity contribution < 1.29 is 23.8 Å². The second kappa shape index (κ2) is 6.50. The molecule has 0 bridgehead atoms. The monoisotopic (exact) mass is 282 g/mol. The second-order valence-electron chi connectivity index (χ2n) is 4.92. The summed E-state index contributed by atoms with van der Waals surface area (Å²) in [4.78, 5) is 23.8. The fourth-order valence-corrected chi connectivity index (χ4v) is 2.12. The van der Waals surface area contributed by atoms with E-state index in [9.17, 15) is 19.1 Å². The van der Waals surface area contributed by atoms with E-state index in [0.29, 0.717) is 0 Å². The number of carbonyl (C=O) groups is 2. The van der Waals surface area contributed by atoms with Crippen LogP contribution >= 0.6 is 0 Å². The van der Waals surface area contributed by atoms with Crippen molar-refractivity contribution in [3.05, 3.63) is 35.6 Å². The molecule has 0 saturated heterocycles. The van der Waals surface area contributed by atoms with Crippen LogP contribution in [0.15, 0.2) is 24.3 Å². The number of rotatable bonds is 6. The maximum absolute atomic E-state index is 13.8. The van der Waals surface area contributed by atoms with Gasteiger partial charge in [0.25, 0.3) is 0 Å². The molecule has 0 heterocycles. The molecule has 110 valence electrons. The van der Waals surface area contributed by atoms with Gasteiger partial charge in [0.1, 0.15) is 5.82 Å². The van der Waals surface area contributed by atoms with Crippen LogP contribution in [0.25, 0.3) is 0 Å². The summed E-state index contributed by atoms with van der Waals surface area (Å²) in [6.45, 7) is 4.92. The van der Waals surface area contributed by atoms with Crippen molar-refractivity contribution in [1.29, 1.82) is 0 Å². The molecule has 1 atom stereocenters. The molecular formula is C15H19FO4. The molecule has 0 aromatic heterocycles. The molecule has 0 amide bonds. The molecule has 1 rings (SSSR count). The zero-order valence-corrected chi connectivity index (χ0v) is 11.9. The first-order chi connectivity index (χ1) is 9.36. The Morgan fingerprint density at radius 1 is 1.35 bits per heavy atom. The Balaban J connectivity index is 3.27. The summed E-state index contributed by atoms with van der Waals surface area (Å²) < 4.78 is 18.7. The van der Waals surface area contributed by atoms with E-state index in [1.54, 1.807) is 26.8 Å². The molecule has 0 aliphatic rings. The van der Waals surface area contributed by atoms with Crippen LogP contribution in [0.1, 0.15) is 26.3 Å². The lowest BCUT2D eigenvalue weighted by Crippen LogP contribution is -2.47. The van der Waals surface area contributed by atoms with Crippen LogP contribution in [-0.4, -0.2) is 23.7 Å². The summed E-state index contributed by atoms with van der Waals surface area (Å²) in [6, 6.07) is 5.85. The van der Waals surface area contributed by atoms with Gasteiger partial charge in [-0.25, -0.2) is 4.39 Å². The van der Waals surface area contributed by atoms with Gasteiger partial charge in [0, 0.05) is 6.42 Å². The summed E-state index contributed by atoms with van der Waals surface area (Å²) in [5.41, 5.74) is -1.59. The number of hydrogen-bond donors (Lipinski definition) is 1. The van der Waals surface area contributed by atoms with Gasteiger partial charge in [0.15, 0.2) is 5.41 Å². The lowest BCUT2D eigenvalue weighted by molar-refractivity contribution is -0.172. The summed E-state index contributed by atoms with van der Waals surface area (Å²) in [5, 5.41) is 9.52. The number of carboxylic acid groups (broad SMARTS) is 1. The van der Waals surface area contributed by atoms with E-state index in [4.69, 9.17) is 4.74 Å². The molecule has 0 fully saturated rings. The van der Waals surface area contributed by atoms with Crippen LogP contribution in [0, 0.1) is 17.2 Å². The fraction of sp³-hybridized carbons (Fsp3) is 0.467. The fourth-order valence-electron chi connectivity index (χ4n) is 2.12. The Morgan fingerprint density at radius 2 is 1.95 bits per heavy atom. The Labute approximate surface area is 117 Å². The topological polar surface area (TPSA) is 63.6 Å². The van der Waals surface area contributed by atoms with Gasteiger partial charge in [-0.1, -0.05) is 32.0 Å². The van der Waals surface area contributed by atoms with E-state index in [1.165, 1.54) is 18.2 Å². The highest BCUT2D eigenvalue weighted by Gasteiger charge is 2.50. The van der Waals surface area contributed by atoms with Gasteiger partial charge in [-0.3, -0.25) is 9.59 Å². The zero-order chi connectivity index (χ0) is 15.3. The van der Waals surface area contributed by atoms with Crippen molar-refractivity contribution in [2.24, 2.45) is 11.3 Å². The molecule has 0 spiro atoms. The number of ether oxygens (including phenoxy) is 1. The van der Waals surface area contributed by atoms with Crippen molar-refractivity contribution in [3.8, 4) is 0 Å². The van der Waals surface area contributed by atoms with Crippen LogP contribution in [0.4, 0.5) is 4.39 Å². The second-order valence-corrected chi connectivity index (χ2v) is 4.92. The molecule has 1 unspecified atom stereocenters. The van der Waals surface area contributed by atoms with Crippen LogP contribution in [0.2, 0.25) is 0 Å². The zero-order valence-electron chi connectivity index (χ0n) is 11.9. The minimum absolute atomic E-state index is 0.0812. The first kappa shape index (κ1) is 16.1. The number of carboxylic acids is 1. The molecule has 4 nitrogen and oxygen atoms in total. The molecule has 0 aliphatic heterocycles. The van der Waals surface area contributed by atoms with E-state index < -0.39 is 29.1 Å². The third-order valence-corrected chi connectivity index (χ3v) is 3.43. The van der Waals surface area contributed by atoms with Gasteiger partial charge in [-0.05, 0) is 24.5 Å². The molecule has 20 heavy (non-hydrogen) atoms. The third kappa shape index (κ3) is 2.98. The first-order valence-corrected chi connectivity index (χ1v) is 6.50. The number of hydrogen-bond acceptors (Lipinski definition) is 3. The average Bonchev–Trinajstić information content (AvgIpc) is 2.37. The maximum Gasteiger partial charge on any atom is 0.324 e. The lowest BCUT2D eigenvalue weighted by atomic mass is 9.72. The van der Waals surface area contributed by atoms with E-state index in [-0.39, 0.29) is 18.6 Å². The molecule has 1 N–H and O–H groups in total. The Kier molecular flexibility index (Phi) is 5.25. The van der Waals surface area contributed by atoms with E-state index in [1.807, 2.05) is 0 Å². The third-order valence-electron chi connectivity index (χ3n) is 3.43. The SMILES string of the molecule is CCOC(=O)C(Cc1ccccc1F)(C(=O)O)C(C)C. The Morgan fingerprint density at radius 3 is 2.40 bits per heavy atom. The molecule has 5 heteroatoms. The lowest BCUT2D eigenvalue weighted by Gasteiger charge is -2.31. The largest absolute Gasteiger partial charge is 0.480 e. The first-order valence-electron chi connectivity index (χ1n) is 6.50. The Hall–Kier alpha value is -1.91. The normalized spacial score (nSPS) is 13.8. The summed E-state index contributed by atoms with van der Waals surface area (Å²) in [6.07, 6.45) is -0.231. The molecule has 1 aromatic rings. The van der Waals surface area contributed by atoms with Gasteiger partial charge in [-0.2, -0.15) is 0 Å². The summed E-state index contributed by atoms with van der Waals surface area (Å²) >= 11 is 0. The van der Waals surface area contributed by atoms with Crippen molar-refractivity contribution in [2.75, 3.05) is 6.61 Å². The predicted octanol–water partition coefficient (Wildman–Crippen LogP) is 2.66. The van der Waals surface area contributed by atoms with Crippen LogP contribution in [0.5, 0.6) is 0 Å².